The summed E-state index contributed by atoms with van der Waals surface area (Å²) in [6.07, 6.45) is 3.76. The number of rotatable bonds is 2. The first-order valence-electron chi connectivity index (χ1n) is 9.86. The highest BCUT2D eigenvalue weighted by Crippen LogP contribution is 2.38. The minimum Gasteiger partial charge on any atom is -0.364 e. The molecule has 0 aliphatic carbocycles. The molecule has 5 nitrogen and oxygen atoms in total. The summed E-state index contributed by atoms with van der Waals surface area (Å²) in [6.45, 7) is 7.87. The molecule has 4 rings (SSSR count). The van der Waals surface area contributed by atoms with Gasteiger partial charge in [-0.2, -0.15) is 0 Å². The number of carbonyl (C=O) groups is 1. The second-order valence-corrected chi connectivity index (χ2v) is 9.22. The van der Waals surface area contributed by atoms with Gasteiger partial charge in [-0.15, -0.1) is 0 Å². The van der Waals surface area contributed by atoms with Crippen molar-refractivity contribution in [2.45, 2.75) is 44.9 Å². The maximum absolute atomic E-state index is 13.5. The van der Waals surface area contributed by atoms with Crippen molar-refractivity contribution >= 4 is 34.8 Å². The number of nitrogens with zero attached hydrogens (tertiary/aromatic N) is 3. The van der Waals surface area contributed by atoms with E-state index in [2.05, 4.69) is 9.88 Å². The Bertz CT molecular complexity index is 920. The molecule has 154 valence electrons. The van der Waals surface area contributed by atoms with E-state index < -0.39 is 11.7 Å². The zero-order chi connectivity index (χ0) is 20.8. The number of anilines is 1. The fraction of sp³-hybridized carbons (Fsp3) is 0.455. The molecular weight excluding hydrogens is 409 g/mol. The molecule has 1 fully saturated rings. The highest BCUT2D eigenvalue weighted by Gasteiger charge is 2.41. The summed E-state index contributed by atoms with van der Waals surface area (Å²) in [5, 5.41) is 1.24. The molecule has 0 N–H and O–H groups in total. The fourth-order valence-electron chi connectivity index (χ4n) is 4.44. The lowest BCUT2D eigenvalue weighted by Crippen LogP contribution is -2.58. The largest absolute Gasteiger partial charge is 0.364 e. The van der Waals surface area contributed by atoms with E-state index >= 15 is 0 Å². The smallest absolute Gasteiger partial charge is 0.254 e. The van der Waals surface area contributed by atoms with E-state index in [4.69, 9.17) is 27.9 Å². The van der Waals surface area contributed by atoms with Gasteiger partial charge in [0.25, 0.3) is 5.91 Å². The van der Waals surface area contributed by atoms with E-state index in [1.54, 1.807) is 12.3 Å². The van der Waals surface area contributed by atoms with E-state index in [1.807, 2.05) is 50.1 Å². The molecule has 2 atom stereocenters. The van der Waals surface area contributed by atoms with Gasteiger partial charge < -0.3 is 14.5 Å². The topological polar surface area (TPSA) is 45.7 Å². The number of ether oxygens (including phenoxy) is 1. The number of benzene rings is 1. The van der Waals surface area contributed by atoms with E-state index in [-0.39, 0.29) is 11.9 Å². The monoisotopic (exact) mass is 433 g/mol. The Morgan fingerprint density at radius 3 is 2.83 bits per heavy atom. The lowest BCUT2D eigenvalue weighted by atomic mass is 9.92. The van der Waals surface area contributed by atoms with Gasteiger partial charge in [-0.1, -0.05) is 23.2 Å². The van der Waals surface area contributed by atoms with Crippen LogP contribution in [-0.4, -0.2) is 47.1 Å². The van der Waals surface area contributed by atoms with Crippen LogP contribution in [0.1, 0.15) is 37.9 Å². The third-order valence-electron chi connectivity index (χ3n) is 5.68. The fourth-order valence-corrected chi connectivity index (χ4v) is 5.13. The minimum atomic E-state index is -0.547. The van der Waals surface area contributed by atoms with Gasteiger partial charge in [-0.05, 0) is 62.6 Å². The third-order valence-corrected chi connectivity index (χ3v) is 6.21. The van der Waals surface area contributed by atoms with Crippen molar-refractivity contribution in [1.29, 1.82) is 0 Å². The first-order valence-corrected chi connectivity index (χ1v) is 10.6. The van der Waals surface area contributed by atoms with Crippen molar-refractivity contribution in [1.82, 2.24) is 9.88 Å². The van der Waals surface area contributed by atoms with Gasteiger partial charge in [-0.3, -0.25) is 9.78 Å². The third kappa shape index (κ3) is 4.09. The van der Waals surface area contributed by atoms with Gasteiger partial charge in [0.15, 0.2) is 6.10 Å². The van der Waals surface area contributed by atoms with Crippen molar-refractivity contribution in [2.75, 3.05) is 24.5 Å². The van der Waals surface area contributed by atoms with Crippen LogP contribution in [0.2, 0.25) is 10.0 Å². The van der Waals surface area contributed by atoms with Crippen LogP contribution in [0.4, 0.5) is 5.69 Å². The number of hydrogen-bond acceptors (Lipinski definition) is 4. The number of carbonyl (C=O) groups excluding carboxylic acids is 1. The van der Waals surface area contributed by atoms with Crippen molar-refractivity contribution < 1.29 is 9.53 Å². The van der Waals surface area contributed by atoms with Gasteiger partial charge in [0, 0.05) is 29.3 Å². The molecule has 0 unspecified atom stereocenters. The Morgan fingerprint density at radius 1 is 1.31 bits per heavy atom. The number of morpholine rings is 1. The molecule has 0 spiro atoms. The Balaban J connectivity index is 1.58. The van der Waals surface area contributed by atoms with Crippen LogP contribution in [0.25, 0.3) is 0 Å². The molecular formula is C22H25Cl2N3O2. The number of amides is 1. The number of aromatic nitrogens is 1. The van der Waals surface area contributed by atoms with Crippen molar-refractivity contribution in [3.63, 3.8) is 0 Å². The van der Waals surface area contributed by atoms with Crippen molar-refractivity contribution in [3.05, 3.63) is 57.8 Å². The number of halogens is 2. The predicted molar refractivity (Wildman–Crippen MR) is 116 cm³/mol. The number of hydrogen-bond donors (Lipinski definition) is 0. The van der Waals surface area contributed by atoms with Gasteiger partial charge in [0.2, 0.25) is 0 Å². The summed E-state index contributed by atoms with van der Waals surface area (Å²) in [7, 11) is 0. The van der Waals surface area contributed by atoms with Crippen LogP contribution >= 0.6 is 23.2 Å². The van der Waals surface area contributed by atoms with Crippen LogP contribution in [-0.2, 0) is 16.0 Å². The van der Waals surface area contributed by atoms with Crippen molar-refractivity contribution in [3.8, 4) is 0 Å². The molecule has 1 saturated heterocycles. The van der Waals surface area contributed by atoms with Gasteiger partial charge in [-0.25, -0.2) is 0 Å². The average molecular weight is 434 g/mol. The predicted octanol–water partition coefficient (Wildman–Crippen LogP) is 4.52. The molecule has 1 aromatic heterocycles. The molecule has 29 heavy (non-hydrogen) atoms. The molecule has 0 radical (unpaired) electrons. The molecule has 1 amide bonds. The Morgan fingerprint density at radius 2 is 2.10 bits per heavy atom. The second-order valence-electron chi connectivity index (χ2n) is 8.38. The first kappa shape index (κ1) is 20.5. The van der Waals surface area contributed by atoms with Gasteiger partial charge in [0.05, 0.1) is 30.1 Å². The molecule has 0 saturated carbocycles. The number of pyridine rings is 1. The Labute approximate surface area is 181 Å². The average Bonchev–Trinajstić information content (AvgIpc) is 2.66. The van der Waals surface area contributed by atoms with Gasteiger partial charge in [0.1, 0.15) is 0 Å². The highest BCUT2D eigenvalue weighted by molar-refractivity contribution is 6.35. The Hall–Kier alpha value is -1.82. The number of fused-ring (bicyclic) bond motifs is 1. The van der Waals surface area contributed by atoms with Gasteiger partial charge >= 0.3 is 0 Å². The zero-order valence-corrected chi connectivity index (χ0v) is 18.4. The van der Waals surface area contributed by atoms with E-state index in [0.29, 0.717) is 29.7 Å². The molecule has 2 aliphatic heterocycles. The molecule has 2 aliphatic rings. The van der Waals surface area contributed by atoms with Crippen LogP contribution in [0.5, 0.6) is 0 Å². The standard InChI is InChI=1S/C22H25Cl2N3O2/c1-14-20-15(9-16(23)10-18(20)24)6-8-27(14)21(28)19-12-26(13-22(2,3)29-19)17-5-4-7-25-11-17/h4-5,7,9-11,14,19H,6,8,12-13H2,1-3H3/t14-,19+/m0/s1. The molecule has 3 heterocycles. The summed E-state index contributed by atoms with van der Waals surface area (Å²) < 4.78 is 6.22. The maximum Gasteiger partial charge on any atom is 0.254 e. The van der Waals surface area contributed by atoms with Crippen LogP contribution in [0, 0.1) is 0 Å². The maximum atomic E-state index is 13.5. The minimum absolute atomic E-state index is 0.00386. The molecule has 1 aromatic carbocycles. The summed E-state index contributed by atoms with van der Waals surface area (Å²) >= 11 is 12.6. The quantitative estimate of drug-likeness (QED) is 0.698. The first-order chi connectivity index (χ1) is 13.7. The summed E-state index contributed by atoms with van der Waals surface area (Å²) in [5.74, 6) is -0.00386. The van der Waals surface area contributed by atoms with E-state index in [0.717, 1.165) is 23.2 Å². The van der Waals surface area contributed by atoms with Crippen LogP contribution in [0.3, 0.4) is 0 Å². The second kappa shape index (κ2) is 7.78. The molecule has 7 heteroatoms. The SMILES string of the molecule is C[C@H]1c2c(Cl)cc(Cl)cc2CCN1C(=O)[C@H]1CN(c2cccnc2)CC(C)(C)O1. The summed E-state index contributed by atoms with van der Waals surface area (Å²) in [4.78, 5) is 21.8. The molecule has 0 bridgehead atoms. The lowest BCUT2D eigenvalue weighted by Gasteiger charge is -2.45. The van der Waals surface area contributed by atoms with Crippen molar-refractivity contribution in [2.24, 2.45) is 0 Å². The normalized spacial score (nSPS) is 23.6. The van der Waals surface area contributed by atoms with Crippen LogP contribution < -0.4 is 4.90 Å². The molecule has 2 aromatic rings. The highest BCUT2D eigenvalue weighted by atomic mass is 35.5. The Kier molecular flexibility index (Phi) is 5.49. The zero-order valence-electron chi connectivity index (χ0n) is 16.9. The summed E-state index contributed by atoms with van der Waals surface area (Å²) in [5.41, 5.74) is 2.64. The van der Waals surface area contributed by atoms with E-state index in [1.165, 1.54) is 0 Å². The lowest BCUT2D eigenvalue weighted by molar-refractivity contribution is -0.159. The summed E-state index contributed by atoms with van der Waals surface area (Å²) in [6, 6.07) is 7.49. The van der Waals surface area contributed by atoms with Crippen LogP contribution in [0.15, 0.2) is 36.7 Å². The van der Waals surface area contributed by atoms with E-state index in [9.17, 15) is 4.79 Å².